The maximum Gasteiger partial charge on any atom is 0.220 e. The number of phenols is 1. The second-order valence-electron chi connectivity index (χ2n) is 7.50. The van der Waals surface area contributed by atoms with E-state index in [1.54, 1.807) is 19.2 Å². The fraction of sp³-hybridized carbons (Fsp3) is 0.435. The third kappa shape index (κ3) is 5.99. The number of nitrogens with one attached hydrogen (secondary N) is 1. The Morgan fingerprint density at radius 2 is 1.86 bits per heavy atom. The molecule has 0 atom stereocenters. The van der Waals surface area contributed by atoms with Crippen LogP contribution in [0.4, 0.5) is 0 Å². The van der Waals surface area contributed by atoms with Gasteiger partial charge in [0.1, 0.15) is 11.5 Å². The van der Waals surface area contributed by atoms with Gasteiger partial charge in [-0.3, -0.25) is 9.69 Å². The molecule has 0 spiro atoms. The van der Waals surface area contributed by atoms with Crippen LogP contribution in [0, 0.1) is 5.92 Å². The summed E-state index contributed by atoms with van der Waals surface area (Å²) < 4.78 is 5.21. The van der Waals surface area contributed by atoms with E-state index in [1.807, 2.05) is 24.3 Å². The molecule has 2 aromatic rings. The van der Waals surface area contributed by atoms with Gasteiger partial charge in [0.15, 0.2) is 0 Å². The van der Waals surface area contributed by atoms with E-state index in [0.717, 1.165) is 50.3 Å². The quantitative estimate of drug-likeness (QED) is 0.735. The van der Waals surface area contributed by atoms with Gasteiger partial charge in [-0.2, -0.15) is 0 Å². The van der Waals surface area contributed by atoms with Crippen LogP contribution in [0.15, 0.2) is 48.5 Å². The van der Waals surface area contributed by atoms with Gasteiger partial charge >= 0.3 is 0 Å². The number of rotatable bonds is 8. The number of likely N-dealkylation sites (tertiary alicyclic amines) is 1. The first-order chi connectivity index (χ1) is 13.6. The number of benzene rings is 2. The molecule has 1 heterocycles. The Bertz CT molecular complexity index is 753. The number of phenolic OH excluding ortho intramolecular Hbond substituents is 1. The first-order valence-corrected chi connectivity index (χ1v) is 10.0. The minimum absolute atomic E-state index is 0.0592. The average molecular weight is 383 g/mol. The van der Waals surface area contributed by atoms with Crippen LogP contribution in [-0.4, -0.2) is 42.7 Å². The standard InChI is InChI=1S/C23H30N2O3/c1-28-21-9-6-19(7-10-21)17-25-14-12-18(13-15-25)16-24-23(27)11-8-20-4-2-3-5-22(20)26/h2-7,9-10,18,26H,8,11-17H2,1H3,(H,24,27). The summed E-state index contributed by atoms with van der Waals surface area (Å²) in [4.78, 5) is 14.6. The summed E-state index contributed by atoms with van der Waals surface area (Å²) >= 11 is 0. The van der Waals surface area contributed by atoms with Crippen LogP contribution in [0.1, 0.15) is 30.4 Å². The van der Waals surface area contributed by atoms with Crippen molar-refractivity contribution in [2.75, 3.05) is 26.7 Å². The van der Waals surface area contributed by atoms with Gasteiger partial charge in [-0.25, -0.2) is 0 Å². The van der Waals surface area contributed by atoms with Gasteiger partial charge in [0.2, 0.25) is 5.91 Å². The predicted molar refractivity (Wildman–Crippen MR) is 110 cm³/mol. The third-order valence-electron chi connectivity index (χ3n) is 5.47. The van der Waals surface area contributed by atoms with Crippen molar-refractivity contribution >= 4 is 5.91 Å². The second-order valence-corrected chi connectivity index (χ2v) is 7.50. The van der Waals surface area contributed by atoms with E-state index in [1.165, 1.54) is 5.56 Å². The minimum atomic E-state index is 0.0592. The maximum absolute atomic E-state index is 12.1. The summed E-state index contributed by atoms with van der Waals surface area (Å²) in [5.74, 6) is 1.75. The molecular formula is C23H30N2O3. The number of amides is 1. The molecular weight excluding hydrogens is 352 g/mol. The smallest absolute Gasteiger partial charge is 0.220 e. The van der Waals surface area contributed by atoms with E-state index in [-0.39, 0.29) is 11.7 Å². The topological polar surface area (TPSA) is 61.8 Å². The van der Waals surface area contributed by atoms with E-state index in [4.69, 9.17) is 4.74 Å². The van der Waals surface area contributed by atoms with Crippen LogP contribution in [-0.2, 0) is 17.8 Å². The molecule has 1 amide bonds. The first kappa shape index (κ1) is 20.2. The highest BCUT2D eigenvalue weighted by atomic mass is 16.5. The second kappa shape index (κ2) is 10.1. The van der Waals surface area contributed by atoms with Gasteiger partial charge in [0, 0.05) is 19.5 Å². The monoisotopic (exact) mass is 382 g/mol. The van der Waals surface area contributed by atoms with E-state index in [0.29, 0.717) is 18.8 Å². The lowest BCUT2D eigenvalue weighted by molar-refractivity contribution is -0.121. The zero-order chi connectivity index (χ0) is 19.8. The lowest BCUT2D eigenvalue weighted by atomic mass is 9.96. The Labute approximate surface area is 167 Å². The van der Waals surface area contributed by atoms with E-state index in [2.05, 4.69) is 22.3 Å². The molecule has 0 unspecified atom stereocenters. The molecule has 28 heavy (non-hydrogen) atoms. The molecule has 0 bridgehead atoms. The normalized spacial score (nSPS) is 15.3. The van der Waals surface area contributed by atoms with Gasteiger partial charge in [-0.1, -0.05) is 30.3 Å². The van der Waals surface area contributed by atoms with Gasteiger partial charge in [-0.15, -0.1) is 0 Å². The lowest BCUT2D eigenvalue weighted by Crippen LogP contribution is -2.38. The SMILES string of the molecule is COc1ccc(CN2CCC(CNC(=O)CCc3ccccc3O)CC2)cc1. The van der Waals surface area contributed by atoms with Crippen molar-refractivity contribution in [3.8, 4) is 11.5 Å². The summed E-state index contributed by atoms with van der Waals surface area (Å²) in [5, 5.41) is 12.8. The Hall–Kier alpha value is -2.53. The molecule has 150 valence electrons. The number of piperidine rings is 1. The number of ether oxygens (including phenoxy) is 1. The van der Waals surface area contributed by atoms with Crippen molar-refractivity contribution in [1.82, 2.24) is 10.2 Å². The number of aromatic hydroxyl groups is 1. The fourth-order valence-corrected chi connectivity index (χ4v) is 3.65. The summed E-state index contributed by atoms with van der Waals surface area (Å²) in [5.41, 5.74) is 2.13. The summed E-state index contributed by atoms with van der Waals surface area (Å²) in [6.45, 7) is 3.83. The van der Waals surface area contributed by atoms with E-state index in [9.17, 15) is 9.90 Å². The van der Waals surface area contributed by atoms with E-state index >= 15 is 0 Å². The lowest BCUT2D eigenvalue weighted by Gasteiger charge is -2.32. The number of hydrogen-bond donors (Lipinski definition) is 2. The molecule has 2 N–H and O–H groups in total. The molecule has 3 rings (SSSR count). The van der Waals surface area contributed by atoms with Crippen molar-refractivity contribution in [3.05, 3.63) is 59.7 Å². The maximum atomic E-state index is 12.1. The zero-order valence-electron chi connectivity index (χ0n) is 16.6. The molecule has 0 radical (unpaired) electrons. The number of nitrogens with zero attached hydrogens (tertiary/aromatic N) is 1. The van der Waals surface area contributed by atoms with Gasteiger partial charge in [0.25, 0.3) is 0 Å². The molecule has 2 aromatic carbocycles. The van der Waals surface area contributed by atoms with Crippen LogP contribution < -0.4 is 10.1 Å². The summed E-state index contributed by atoms with van der Waals surface area (Å²) in [6.07, 6.45) is 3.19. The van der Waals surface area contributed by atoms with Gasteiger partial charge < -0.3 is 15.2 Å². The number of hydrogen-bond acceptors (Lipinski definition) is 4. The van der Waals surface area contributed by atoms with Crippen molar-refractivity contribution in [3.63, 3.8) is 0 Å². The Morgan fingerprint density at radius 1 is 1.14 bits per heavy atom. The Morgan fingerprint density at radius 3 is 2.54 bits per heavy atom. The number of para-hydroxylation sites is 1. The molecule has 5 heteroatoms. The third-order valence-corrected chi connectivity index (χ3v) is 5.47. The highest BCUT2D eigenvalue weighted by Crippen LogP contribution is 2.20. The summed E-state index contributed by atoms with van der Waals surface area (Å²) in [6, 6.07) is 15.5. The predicted octanol–water partition coefficient (Wildman–Crippen LogP) is 3.36. The Kier molecular flexibility index (Phi) is 7.31. The van der Waals surface area contributed by atoms with Crippen molar-refractivity contribution in [1.29, 1.82) is 0 Å². The number of carbonyl (C=O) groups is 1. The molecule has 1 saturated heterocycles. The van der Waals surface area contributed by atoms with Crippen molar-refractivity contribution in [2.45, 2.75) is 32.2 Å². The molecule has 0 aromatic heterocycles. The van der Waals surface area contributed by atoms with Crippen LogP contribution in [0.2, 0.25) is 0 Å². The van der Waals surface area contributed by atoms with E-state index < -0.39 is 0 Å². The number of carbonyl (C=O) groups excluding carboxylic acids is 1. The highest BCUT2D eigenvalue weighted by molar-refractivity contribution is 5.76. The molecule has 5 nitrogen and oxygen atoms in total. The largest absolute Gasteiger partial charge is 0.508 e. The zero-order valence-corrected chi connectivity index (χ0v) is 16.6. The van der Waals surface area contributed by atoms with Crippen LogP contribution in [0.3, 0.4) is 0 Å². The van der Waals surface area contributed by atoms with Gasteiger partial charge in [-0.05, 0) is 67.6 Å². The fourth-order valence-electron chi connectivity index (χ4n) is 3.65. The number of methoxy groups -OCH3 is 1. The highest BCUT2D eigenvalue weighted by Gasteiger charge is 2.19. The average Bonchev–Trinajstić information content (AvgIpc) is 2.73. The molecule has 0 saturated carbocycles. The van der Waals surface area contributed by atoms with Gasteiger partial charge in [0.05, 0.1) is 7.11 Å². The summed E-state index contributed by atoms with van der Waals surface area (Å²) in [7, 11) is 1.68. The van der Waals surface area contributed by atoms with Crippen LogP contribution >= 0.6 is 0 Å². The molecule has 1 aliphatic heterocycles. The van der Waals surface area contributed by atoms with Crippen molar-refractivity contribution < 1.29 is 14.6 Å². The molecule has 1 fully saturated rings. The molecule has 0 aliphatic carbocycles. The minimum Gasteiger partial charge on any atom is -0.508 e. The van der Waals surface area contributed by atoms with Crippen molar-refractivity contribution in [2.24, 2.45) is 5.92 Å². The molecule has 1 aliphatic rings. The number of aryl methyl sites for hydroxylation is 1. The van der Waals surface area contributed by atoms with Crippen LogP contribution in [0.25, 0.3) is 0 Å². The first-order valence-electron chi connectivity index (χ1n) is 10.0. The van der Waals surface area contributed by atoms with Crippen LogP contribution in [0.5, 0.6) is 11.5 Å². The Balaban J connectivity index is 1.33.